The van der Waals surface area contributed by atoms with Gasteiger partial charge in [0.25, 0.3) is 0 Å². The topological polar surface area (TPSA) is 63.7 Å². The normalized spacial score (nSPS) is 14.1. The fourth-order valence-electron chi connectivity index (χ4n) is 3.26. The number of anilines is 2. The van der Waals surface area contributed by atoms with Gasteiger partial charge < -0.3 is 19.7 Å². The highest BCUT2D eigenvalue weighted by molar-refractivity contribution is 6.03. The van der Waals surface area contributed by atoms with Crippen LogP contribution < -0.4 is 19.7 Å². The van der Waals surface area contributed by atoms with Gasteiger partial charge in [-0.1, -0.05) is 6.07 Å². The first-order valence-electron chi connectivity index (χ1n) is 9.71. The second-order valence-electron chi connectivity index (χ2n) is 6.59. The van der Waals surface area contributed by atoms with Gasteiger partial charge in [0, 0.05) is 25.4 Å². The Bertz CT molecular complexity index is 830. The van der Waals surface area contributed by atoms with Crippen LogP contribution in [-0.2, 0) is 4.79 Å². The summed E-state index contributed by atoms with van der Waals surface area (Å²) in [7, 11) is 1.60. The quantitative estimate of drug-likeness (QED) is 0.731. The molecule has 0 spiro atoms. The highest BCUT2D eigenvalue weighted by Crippen LogP contribution is 2.29. The molecular weight excluding hydrogens is 354 g/mol. The van der Waals surface area contributed by atoms with Gasteiger partial charge in [0.1, 0.15) is 0 Å². The van der Waals surface area contributed by atoms with Gasteiger partial charge in [-0.05, 0) is 62.1 Å². The van der Waals surface area contributed by atoms with E-state index >= 15 is 0 Å². The summed E-state index contributed by atoms with van der Waals surface area (Å²) < 4.78 is 10.9. The summed E-state index contributed by atoms with van der Waals surface area (Å²) in [6.07, 6.45) is 8.60. The van der Waals surface area contributed by atoms with Gasteiger partial charge in [-0.2, -0.15) is 0 Å². The number of pyridine rings is 1. The smallest absolute Gasteiger partial charge is 0.248 e. The van der Waals surface area contributed by atoms with E-state index in [9.17, 15) is 4.79 Å². The number of carbonyl (C=O) groups is 1. The van der Waals surface area contributed by atoms with Crippen LogP contribution in [0.25, 0.3) is 6.08 Å². The van der Waals surface area contributed by atoms with Gasteiger partial charge in [-0.25, -0.2) is 4.98 Å². The molecule has 1 N–H and O–H groups in total. The van der Waals surface area contributed by atoms with E-state index in [0.717, 1.165) is 43.0 Å². The molecule has 6 nitrogen and oxygen atoms in total. The summed E-state index contributed by atoms with van der Waals surface area (Å²) in [6.45, 7) is 4.44. The van der Waals surface area contributed by atoms with Crippen molar-refractivity contribution in [3.8, 4) is 11.5 Å². The Labute approximate surface area is 166 Å². The summed E-state index contributed by atoms with van der Waals surface area (Å²) in [5, 5.41) is 2.95. The van der Waals surface area contributed by atoms with E-state index in [1.54, 1.807) is 19.4 Å². The summed E-state index contributed by atoms with van der Waals surface area (Å²) in [5.41, 5.74) is 1.60. The number of aromatic nitrogens is 1. The molecule has 28 heavy (non-hydrogen) atoms. The average molecular weight is 381 g/mol. The first-order chi connectivity index (χ1) is 13.7. The Balaban J connectivity index is 1.69. The van der Waals surface area contributed by atoms with Crippen LogP contribution in [0.2, 0.25) is 0 Å². The first kappa shape index (κ1) is 19.7. The van der Waals surface area contributed by atoms with E-state index in [2.05, 4.69) is 15.2 Å². The van der Waals surface area contributed by atoms with Crippen molar-refractivity contribution in [2.45, 2.75) is 26.2 Å². The molecular formula is C22H27N3O3. The lowest BCUT2D eigenvalue weighted by atomic mass is 10.1. The van der Waals surface area contributed by atoms with Crippen LogP contribution in [0.4, 0.5) is 11.5 Å². The highest BCUT2D eigenvalue weighted by atomic mass is 16.5. The molecule has 2 aromatic rings. The molecule has 1 aromatic heterocycles. The zero-order valence-corrected chi connectivity index (χ0v) is 16.5. The molecule has 2 heterocycles. The number of nitrogens with zero attached hydrogens (tertiary/aromatic N) is 2. The number of hydrogen-bond acceptors (Lipinski definition) is 5. The second-order valence-corrected chi connectivity index (χ2v) is 6.59. The molecule has 3 rings (SSSR count). The van der Waals surface area contributed by atoms with E-state index in [1.807, 2.05) is 37.3 Å². The van der Waals surface area contributed by atoms with E-state index < -0.39 is 0 Å². The summed E-state index contributed by atoms with van der Waals surface area (Å²) >= 11 is 0. The third-order valence-electron chi connectivity index (χ3n) is 4.61. The molecule has 0 radical (unpaired) electrons. The number of ether oxygens (including phenoxy) is 2. The van der Waals surface area contributed by atoms with Crippen molar-refractivity contribution in [2.24, 2.45) is 0 Å². The standard InChI is InChI=1S/C22H27N3O3/c1-3-28-19-11-9-17(16-20(19)27-2)10-12-21(26)24-18-8-7-13-23-22(18)25-14-5-4-6-15-25/h7-13,16H,3-6,14-15H2,1-2H3,(H,24,26). The van der Waals surface area contributed by atoms with E-state index in [0.29, 0.717) is 18.1 Å². The van der Waals surface area contributed by atoms with Crippen molar-refractivity contribution in [2.75, 3.05) is 37.0 Å². The lowest BCUT2D eigenvalue weighted by molar-refractivity contribution is -0.111. The van der Waals surface area contributed by atoms with Crippen LogP contribution in [0.1, 0.15) is 31.7 Å². The van der Waals surface area contributed by atoms with Gasteiger partial charge in [-0.15, -0.1) is 0 Å². The summed E-state index contributed by atoms with van der Waals surface area (Å²) in [6, 6.07) is 9.31. The molecule has 148 valence electrons. The highest BCUT2D eigenvalue weighted by Gasteiger charge is 2.16. The molecule has 1 amide bonds. The Morgan fingerprint density at radius 3 is 2.79 bits per heavy atom. The molecule has 1 aliphatic rings. The molecule has 0 atom stereocenters. The Morgan fingerprint density at radius 2 is 2.04 bits per heavy atom. The molecule has 0 aliphatic carbocycles. The van der Waals surface area contributed by atoms with Crippen molar-refractivity contribution in [3.05, 3.63) is 48.2 Å². The van der Waals surface area contributed by atoms with Crippen LogP contribution in [0, 0.1) is 0 Å². The van der Waals surface area contributed by atoms with Crippen molar-refractivity contribution >= 4 is 23.5 Å². The van der Waals surface area contributed by atoms with Crippen molar-refractivity contribution in [1.29, 1.82) is 0 Å². The molecule has 0 bridgehead atoms. The SMILES string of the molecule is CCOc1ccc(C=CC(=O)Nc2cccnc2N2CCCCC2)cc1OC. The third-order valence-corrected chi connectivity index (χ3v) is 4.61. The monoisotopic (exact) mass is 381 g/mol. The maximum atomic E-state index is 12.4. The molecule has 1 saturated heterocycles. The van der Waals surface area contributed by atoms with Crippen LogP contribution in [0.3, 0.4) is 0 Å². The van der Waals surface area contributed by atoms with Gasteiger partial charge in [0.05, 0.1) is 19.4 Å². The number of benzene rings is 1. The van der Waals surface area contributed by atoms with Gasteiger partial charge in [0.2, 0.25) is 5.91 Å². The average Bonchev–Trinajstić information content (AvgIpc) is 2.74. The minimum Gasteiger partial charge on any atom is -0.493 e. The molecule has 1 fully saturated rings. The fraction of sp³-hybridized carbons (Fsp3) is 0.364. The number of carbonyl (C=O) groups excluding carboxylic acids is 1. The summed E-state index contributed by atoms with van der Waals surface area (Å²) in [4.78, 5) is 19.2. The van der Waals surface area contributed by atoms with Gasteiger partial charge in [-0.3, -0.25) is 4.79 Å². The molecule has 1 aliphatic heterocycles. The van der Waals surface area contributed by atoms with Gasteiger partial charge >= 0.3 is 0 Å². The Kier molecular flexibility index (Phi) is 6.89. The number of nitrogens with one attached hydrogen (secondary N) is 1. The maximum Gasteiger partial charge on any atom is 0.248 e. The van der Waals surface area contributed by atoms with Crippen molar-refractivity contribution in [1.82, 2.24) is 4.98 Å². The van der Waals surface area contributed by atoms with Crippen LogP contribution in [0.15, 0.2) is 42.6 Å². The fourth-order valence-corrected chi connectivity index (χ4v) is 3.26. The zero-order chi connectivity index (χ0) is 19.8. The van der Waals surface area contributed by atoms with E-state index in [-0.39, 0.29) is 5.91 Å². The molecule has 0 unspecified atom stereocenters. The number of hydrogen-bond donors (Lipinski definition) is 1. The lowest BCUT2D eigenvalue weighted by Crippen LogP contribution is -2.31. The number of amides is 1. The number of piperidine rings is 1. The second kappa shape index (κ2) is 9.78. The Morgan fingerprint density at radius 1 is 1.21 bits per heavy atom. The minimum absolute atomic E-state index is 0.195. The third kappa shape index (κ3) is 5.03. The van der Waals surface area contributed by atoms with Crippen LogP contribution in [0.5, 0.6) is 11.5 Å². The van der Waals surface area contributed by atoms with E-state index in [1.165, 1.54) is 12.5 Å². The van der Waals surface area contributed by atoms with Crippen molar-refractivity contribution in [3.63, 3.8) is 0 Å². The van der Waals surface area contributed by atoms with Gasteiger partial charge in [0.15, 0.2) is 17.3 Å². The van der Waals surface area contributed by atoms with Crippen molar-refractivity contribution < 1.29 is 14.3 Å². The van der Waals surface area contributed by atoms with Crippen LogP contribution >= 0.6 is 0 Å². The molecule has 6 heteroatoms. The molecule has 1 aromatic carbocycles. The van der Waals surface area contributed by atoms with E-state index in [4.69, 9.17) is 9.47 Å². The minimum atomic E-state index is -0.195. The number of rotatable bonds is 7. The largest absolute Gasteiger partial charge is 0.493 e. The maximum absolute atomic E-state index is 12.4. The van der Waals surface area contributed by atoms with Crippen LogP contribution in [-0.4, -0.2) is 37.7 Å². The summed E-state index contributed by atoms with van der Waals surface area (Å²) in [5.74, 6) is 1.97. The first-order valence-corrected chi connectivity index (χ1v) is 9.71. The lowest BCUT2D eigenvalue weighted by Gasteiger charge is -2.29. The number of methoxy groups -OCH3 is 1. The Hall–Kier alpha value is -3.02. The predicted octanol–water partition coefficient (Wildman–Crippen LogP) is 4.13. The zero-order valence-electron chi connectivity index (χ0n) is 16.5. The predicted molar refractivity (Wildman–Crippen MR) is 112 cm³/mol. The molecule has 0 saturated carbocycles.